The summed E-state index contributed by atoms with van der Waals surface area (Å²) in [6.07, 6.45) is 4.07. The number of aliphatic carboxylic acids is 2. The maximum absolute atomic E-state index is 9.10. The topological polar surface area (TPSA) is 96.3 Å². The molecule has 1 saturated heterocycles. The Labute approximate surface area is 167 Å². The monoisotopic (exact) mass is 395 g/mol. The fourth-order valence-corrected chi connectivity index (χ4v) is 2.89. The van der Waals surface area contributed by atoms with Crippen LogP contribution in [0.4, 0.5) is 0 Å². The Morgan fingerprint density at radius 2 is 1.64 bits per heavy atom. The van der Waals surface area contributed by atoms with E-state index in [0.717, 1.165) is 18.9 Å². The lowest BCUT2D eigenvalue weighted by Gasteiger charge is -2.26. The van der Waals surface area contributed by atoms with E-state index in [2.05, 4.69) is 43.9 Å². The van der Waals surface area contributed by atoms with E-state index in [-0.39, 0.29) is 0 Å². The third-order valence-corrected chi connectivity index (χ3v) is 4.42. The zero-order valence-corrected chi connectivity index (χ0v) is 17.1. The van der Waals surface area contributed by atoms with Gasteiger partial charge in [-0.15, -0.1) is 0 Å². The van der Waals surface area contributed by atoms with E-state index in [9.17, 15) is 0 Å². The van der Waals surface area contributed by atoms with Gasteiger partial charge in [-0.05, 0) is 62.0 Å². The summed E-state index contributed by atoms with van der Waals surface area (Å²) in [7, 11) is 0. The maximum Gasteiger partial charge on any atom is 0.414 e. The van der Waals surface area contributed by atoms with Gasteiger partial charge in [-0.3, -0.25) is 0 Å². The molecule has 1 fully saturated rings. The molecule has 2 N–H and O–H groups in total. The molecule has 1 heterocycles. The van der Waals surface area contributed by atoms with Crippen molar-refractivity contribution in [3.63, 3.8) is 0 Å². The fourth-order valence-electron chi connectivity index (χ4n) is 2.89. The quantitative estimate of drug-likeness (QED) is 0.515. The molecule has 158 valence electrons. The number of hydrogen-bond donors (Lipinski definition) is 2. The minimum absolute atomic E-state index is 0.531. The molecule has 7 nitrogen and oxygen atoms in total. The van der Waals surface area contributed by atoms with Gasteiger partial charge in [-0.1, -0.05) is 26.3 Å². The van der Waals surface area contributed by atoms with E-state index in [1.807, 2.05) is 0 Å². The molecule has 0 radical (unpaired) electrons. The predicted octanol–water partition coefficient (Wildman–Crippen LogP) is 3.16. The second-order valence-electron chi connectivity index (χ2n) is 7.21. The van der Waals surface area contributed by atoms with Crippen LogP contribution in [0.15, 0.2) is 18.2 Å². The van der Waals surface area contributed by atoms with Crippen molar-refractivity contribution in [1.82, 2.24) is 4.90 Å². The number of piperidine rings is 1. The molecule has 1 aromatic carbocycles. The van der Waals surface area contributed by atoms with Gasteiger partial charge in [-0.25, -0.2) is 9.59 Å². The Hall–Kier alpha value is -2.12. The third kappa shape index (κ3) is 10.3. The highest BCUT2D eigenvalue weighted by Gasteiger charge is 2.09. The van der Waals surface area contributed by atoms with E-state index in [4.69, 9.17) is 29.3 Å². The van der Waals surface area contributed by atoms with Crippen LogP contribution in [-0.2, 0) is 14.3 Å². The minimum atomic E-state index is -1.82. The molecule has 0 aliphatic carbocycles. The van der Waals surface area contributed by atoms with Gasteiger partial charge in [0.25, 0.3) is 0 Å². The van der Waals surface area contributed by atoms with E-state index in [1.54, 1.807) is 0 Å². The highest BCUT2D eigenvalue weighted by Crippen LogP contribution is 2.22. The Balaban J connectivity index is 0.000000568. The van der Waals surface area contributed by atoms with Crippen LogP contribution in [0.1, 0.15) is 50.2 Å². The molecule has 0 saturated carbocycles. The number of nitrogens with zero attached hydrogens (tertiary/aromatic N) is 1. The first-order valence-corrected chi connectivity index (χ1v) is 9.80. The number of carbonyl (C=O) groups is 2. The largest absolute Gasteiger partial charge is 0.491 e. The summed E-state index contributed by atoms with van der Waals surface area (Å²) in [5.41, 5.74) is 2.59. The van der Waals surface area contributed by atoms with Crippen LogP contribution >= 0.6 is 0 Å². The van der Waals surface area contributed by atoms with Crippen molar-refractivity contribution in [2.75, 3.05) is 39.5 Å². The van der Waals surface area contributed by atoms with Gasteiger partial charge >= 0.3 is 11.9 Å². The van der Waals surface area contributed by atoms with Crippen LogP contribution in [0.5, 0.6) is 5.75 Å². The van der Waals surface area contributed by atoms with Crippen molar-refractivity contribution in [2.24, 2.45) is 0 Å². The minimum Gasteiger partial charge on any atom is -0.491 e. The molecule has 0 spiro atoms. The molecule has 7 heteroatoms. The first-order chi connectivity index (χ1) is 13.3. The number of ether oxygens (including phenoxy) is 2. The summed E-state index contributed by atoms with van der Waals surface area (Å²) in [6, 6.07) is 6.47. The van der Waals surface area contributed by atoms with Crippen molar-refractivity contribution < 1.29 is 29.3 Å². The molecular formula is C21H33NO6. The Bertz CT molecular complexity index is 599. The SMILES string of the molecule is Cc1cc(OCCOCCN2CCCCC2)cc(C(C)C)c1.O=C(O)C(=O)O. The Kier molecular flexibility index (Phi) is 11.2. The molecule has 0 aromatic heterocycles. The molecule has 0 unspecified atom stereocenters. The third-order valence-electron chi connectivity index (χ3n) is 4.42. The number of rotatable bonds is 8. The summed E-state index contributed by atoms with van der Waals surface area (Å²) in [5, 5.41) is 14.8. The lowest BCUT2D eigenvalue weighted by Crippen LogP contribution is -2.32. The van der Waals surface area contributed by atoms with Gasteiger partial charge in [0, 0.05) is 6.54 Å². The van der Waals surface area contributed by atoms with Crippen LogP contribution in [0.25, 0.3) is 0 Å². The molecule has 0 atom stereocenters. The van der Waals surface area contributed by atoms with Gasteiger partial charge in [-0.2, -0.15) is 0 Å². The lowest BCUT2D eigenvalue weighted by atomic mass is 10.0. The molecule has 1 aliphatic heterocycles. The van der Waals surface area contributed by atoms with Gasteiger partial charge in [0.2, 0.25) is 0 Å². The molecule has 2 rings (SSSR count). The fraction of sp³-hybridized carbons (Fsp3) is 0.619. The average Bonchev–Trinajstić information content (AvgIpc) is 2.65. The summed E-state index contributed by atoms with van der Waals surface area (Å²) in [6.45, 7) is 12.2. The molecule has 28 heavy (non-hydrogen) atoms. The van der Waals surface area contributed by atoms with Gasteiger partial charge < -0.3 is 24.6 Å². The summed E-state index contributed by atoms with van der Waals surface area (Å²) in [5.74, 6) is -2.16. The van der Waals surface area contributed by atoms with Crippen LogP contribution in [-0.4, -0.2) is 66.5 Å². The molecule has 0 bridgehead atoms. The summed E-state index contributed by atoms with van der Waals surface area (Å²) < 4.78 is 11.5. The number of aryl methyl sites for hydroxylation is 1. The summed E-state index contributed by atoms with van der Waals surface area (Å²) in [4.78, 5) is 20.7. The zero-order chi connectivity index (χ0) is 20.9. The normalized spacial score (nSPS) is 14.3. The maximum atomic E-state index is 9.10. The number of carboxylic acids is 2. The van der Waals surface area contributed by atoms with Crippen molar-refractivity contribution in [1.29, 1.82) is 0 Å². The van der Waals surface area contributed by atoms with Crippen molar-refractivity contribution in [3.8, 4) is 5.75 Å². The van der Waals surface area contributed by atoms with Gasteiger partial charge in [0.15, 0.2) is 0 Å². The molecule has 1 aliphatic rings. The molecule has 0 amide bonds. The molecular weight excluding hydrogens is 362 g/mol. The van der Waals surface area contributed by atoms with Gasteiger partial charge in [0.05, 0.1) is 13.2 Å². The number of carboxylic acid groups (broad SMARTS) is 2. The van der Waals surface area contributed by atoms with Crippen LogP contribution in [0.3, 0.4) is 0 Å². The van der Waals surface area contributed by atoms with Crippen molar-refractivity contribution in [3.05, 3.63) is 29.3 Å². The van der Waals surface area contributed by atoms with Crippen molar-refractivity contribution in [2.45, 2.75) is 46.0 Å². The Morgan fingerprint density at radius 3 is 2.21 bits per heavy atom. The second-order valence-corrected chi connectivity index (χ2v) is 7.21. The smallest absolute Gasteiger partial charge is 0.414 e. The standard InChI is InChI=1S/C19H31NO2.C2H2O4/c1-16(2)18-13-17(3)14-19(15-18)22-12-11-21-10-9-20-7-5-4-6-8-20;3-1(4)2(5)6/h13-16H,4-12H2,1-3H3;(H,3,4)(H,5,6). The lowest BCUT2D eigenvalue weighted by molar-refractivity contribution is -0.159. The highest BCUT2D eigenvalue weighted by molar-refractivity contribution is 6.27. The van der Waals surface area contributed by atoms with Crippen LogP contribution in [0.2, 0.25) is 0 Å². The number of hydrogen-bond acceptors (Lipinski definition) is 5. The van der Waals surface area contributed by atoms with E-state index in [1.165, 1.54) is 43.5 Å². The molecule has 1 aromatic rings. The zero-order valence-electron chi connectivity index (χ0n) is 17.1. The highest BCUT2D eigenvalue weighted by atomic mass is 16.5. The van der Waals surface area contributed by atoms with Crippen LogP contribution in [0, 0.1) is 6.92 Å². The van der Waals surface area contributed by atoms with E-state index >= 15 is 0 Å². The predicted molar refractivity (Wildman–Crippen MR) is 107 cm³/mol. The van der Waals surface area contributed by atoms with Crippen molar-refractivity contribution >= 4 is 11.9 Å². The van der Waals surface area contributed by atoms with E-state index in [0.29, 0.717) is 19.1 Å². The van der Waals surface area contributed by atoms with E-state index < -0.39 is 11.9 Å². The first-order valence-electron chi connectivity index (χ1n) is 9.80. The first kappa shape index (κ1) is 23.9. The second kappa shape index (κ2) is 13.1. The average molecular weight is 395 g/mol. The van der Waals surface area contributed by atoms with Gasteiger partial charge in [0.1, 0.15) is 12.4 Å². The number of benzene rings is 1. The number of likely N-dealkylation sites (tertiary alicyclic amines) is 1. The van der Waals surface area contributed by atoms with Crippen LogP contribution < -0.4 is 4.74 Å². The Morgan fingerprint density at radius 1 is 1.00 bits per heavy atom. The summed E-state index contributed by atoms with van der Waals surface area (Å²) >= 11 is 0.